The van der Waals surface area contributed by atoms with Crippen LogP contribution in [-0.4, -0.2) is 32.7 Å². The van der Waals surface area contributed by atoms with Gasteiger partial charge in [0.15, 0.2) is 5.82 Å². The molecule has 2 atom stereocenters. The Labute approximate surface area is 139 Å². The normalized spacial score (nSPS) is 20.0. The summed E-state index contributed by atoms with van der Waals surface area (Å²) in [4.78, 5) is 7.61. The summed E-state index contributed by atoms with van der Waals surface area (Å²) < 4.78 is 5.04. The first-order valence-corrected chi connectivity index (χ1v) is 8.11. The molecule has 22 heavy (non-hydrogen) atoms. The number of thiophene rings is 1. The van der Waals surface area contributed by atoms with Crippen molar-refractivity contribution in [1.29, 1.82) is 0 Å². The third kappa shape index (κ3) is 4.05. The van der Waals surface area contributed by atoms with E-state index in [2.05, 4.69) is 15.0 Å². The number of aliphatic hydroxyl groups excluding tert-OH is 1. The largest absolute Gasteiger partial charge is 0.388 e. The van der Waals surface area contributed by atoms with Gasteiger partial charge in [0.2, 0.25) is 5.89 Å². The van der Waals surface area contributed by atoms with Crippen molar-refractivity contribution < 1.29 is 9.63 Å². The molecule has 122 valence electrons. The average molecular weight is 345 g/mol. The molecular weight excluding hydrogens is 324 g/mol. The summed E-state index contributed by atoms with van der Waals surface area (Å²) in [6.45, 7) is 1.94. The van der Waals surface area contributed by atoms with Crippen LogP contribution in [-0.2, 0) is 13.1 Å². The van der Waals surface area contributed by atoms with Gasteiger partial charge in [0.1, 0.15) is 0 Å². The van der Waals surface area contributed by atoms with Crippen molar-refractivity contribution in [3.8, 4) is 0 Å². The van der Waals surface area contributed by atoms with Gasteiger partial charge in [-0.1, -0.05) is 11.2 Å². The van der Waals surface area contributed by atoms with Crippen LogP contribution in [0.3, 0.4) is 0 Å². The second-order valence-corrected chi connectivity index (χ2v) is 6.32. The zero-order chi connectivity index (χ0) is 14.7. The van der Waals surface area contributed by atoms with E-state index < -0.39 is 0 Å². The van der Waals surface area contributed by atoms with Crippen LogP contribution < -0.4 is 5.73 Å². The Morgan fingerprint density at radius 1 is 1.55 bits per heavy atom. The van der Waals surface area contributed by atoms with Gasteiger partial charge >= 0.3 is 0 Å². The van der Waals surface area contributed by atoms with Crippen molar-refractivity contribution in [2.75, 3.05) is 6.54 Å². The number of aromatic nitrogens is 2. The van der Waals surface area contributed by atoms with E-state index in [1.54, 1.807) is 11.3 Å². The summed E-state index contributed by atoms with van der Waals surface area (Å²) in [6.07, 6.45) is 2.61. The van der Waals surface area contributed by atoms with Crippen molar-refractivity contribution >= 4 is 23.7 Å². The summed E-state index contributed by atoms with van der Waals surface area (Å²) in [5, 5.41) is 16.3. The highest BCUT2D eigenvalue weighted by molar-refractivity contribution is 7.10. The number of nitrogens with two attached hydrogens (primary N) is 1. The van der Waals surface area contributed by atoms with Crippen LogP contribution in [0.2, 0.25) is 0 Å². The number of halogens is 1. The summed E-state index contributed by atoms with van der Waals surface area (Å²) in [5.41, 5.74) is 5.48. The van der Waals surface area contributed by atoms with Gasteiger partial charge in [-0.05, 0) is 37.3 Å². The minimum atomic E-state index is -0.388. The van der Waals surface area contributed by atoms with E-state index in [0.717, 1.165) is 30.7 Å². The fourth-order valence-corrected chi connectivity index (χ4v) is 3.57. The molecule has 0 aromatic carbocycles. The lowest BCUT2D eigenvalue weighted by molar-refractivity contribution is 0.119. The first kappa shape index (κ1) is 17.4. The van der Waals surface area contributed by atoms with Gasteiger partial charge in [-0.2, -0.15) is 4.98 Å². The number of hydrogen-bond donors (Lipinski definition) is 2. The molecule has 1 aliphatic rings. The monoisotopic (exact) mass is 344 g/mol. The smallest absolute Gasteiger partial charge is 0.240 e. The number of likely N-dealkylation sites (tertiary alicyclic amines) is 1. The van der Waals surface area contributed by atoms with Gasteiger partial charge < -0.3 is 15.4 Å². The molecule has 0 radical (unpaired) electrons. The van der Waals surface area contributed by atoms with Crippen molar-refractivity contribution in [2.45, 2.75) is 44.5 Å². The van der Waals surface area contributed by atoms with Gasteiger partial charge in [0, 0.05) is 10.9 Å². The number of rotatable bonds is 6. The quantitative estimate of drug-likeness (QED) is 0.834. The molecule has 2 unspecified atom stereocenters. The molecule has 0 aliphatic carbocycles. The Balaban J connectivity index is 0.00000176. The molecule has 0 bridgehead atoms. The zero-order valence-corrected chi connectivity index (χ0v) is 13.9. The SMILES string of the molecule is Cl.NCc1nc(CN2CCCC2CC(O)c2cccs2)no1. The van der Waals surface area contributed by atoms with Crippen molar-refractivity contribution in [1.82, 2.24) is 15.0 Å². The Kier molecular flexibility index (Phi) is 6.34. The molecule has 3 heterocycles. The minimum Gasteiger partial charge on any atom is -0.388 e. The van der Waals surface area contributed by atoms with Gasteiger partial charge in [0.25, 0.3) is 0 Å². The van der Waals surface area contributed by atoms with E-state index in [1.165, 1.54) is 0 Å². The molecule has 1 fully saturated rings. The summed E-state index contributed by atoms with van der Waals surface area (Å²) in [6, 6.07) is 4.33. The first-order chi connectivity index (χ1) is 10.3. The topological polar surface area (TPSA) is 88.4 Å². The second kappa shape index (κ2) is 8.03. The van der Waals surface area contributed by atoms with Crippen molar-refractivity contribution in [3.63, 3.8) is 0 Å². The van der Waals surface area contributed by atoms with Crippen LogP contribution in [0.15, 0.2) is 22.0 Å². The van der Waals surface area contributed by atoms with E-state index in [4.69, 9.17) is 10.3 Å². The first-order valence-electron chi connectivity index (χ1n) is 7.23. The molecule has 8 heteroatoms. The number of hydrogen-bond acceptors (Lipinski definition) is 7. The Bertz CT molecular complexity index is 563. The highest BCUT2D eigenvalue weighted by Gasteiger charge is 2.28. The Hall–Kier alpha value is -0.990. The predicted octanol–water partition coefficient (Wildman–Crippen LogP) is 2.10. The second-order valence-electron chi connectivity index (χ2n) is 5.34. The summed E-state index contributed by atoms with van der Waals surface area (Å²) in [7, 11) is 0. The van der Waals surface area contributed by atoms with E-state index in [-0.39, 0.29) is 25.1 Å². The van der Waals surface area contributed by atoms with Crippen LogP contribution >= 0.6 is 23.7 Å². The van der Waals surface area contributed by atoms with Crippen LogP contribution in [0.25, 0.3) is 0 Å². The van der Waals surface area contributed by atoms with Crippen molar-refractivity contribution in [2.24, 2.45) is 5.73 Å². The molecule has 3 rings (SSSR count). The Morgan fingerprint density at radius 2 is 2.41 bits per heavy atom. The molecular formula is C14H21ClN4O2S. The number of nitrogens with zero attached hydrogens (tertiary/aromatic N) is 3. The van der Waals surface area contributed by atoms with E-state index in [0.29, 0.717) is 24.3 Å². The molecule has 2 aromatic rings. The molecule has 0 spiro atoms. The maximum absolute atomic E-state index is 10.3. The van der Waals surface area contributed by atoms with Crippen LogP contribution in [0.5, 0.6) is 0 Å². The highest BCUT2D eigenvalue weighted by atomic mass is 35.5. The van der Waals surface area contributed by atoms with Gasteiger partial charge in [0.05, 0.1) is 19.2 Å². The lowest BCUT2D eigenvalue weighted by Gasteiger charge is -2.24. The zero-order valence-electron chi connectivity index (χ0n) is 12.2. The molecule has 6 nitrogen and oxygen atoms in total. The highest BCUT2D eigenvalue weighted by Crippen LogP contribution is 2.30. The fraction of sp³-hybridized carbons (Fsp3) is 0.571. The third-order valence-electron chi connectivity index (χ3n) is 3.90. The molecule has 0 amide bonds. The molecule has 2 aromatic heterocycles. The lowest BCUT2D eigenvalue weighted by atomic mass is 10.1. The lowest BCUT2D eigenvalue weighted by Crippen LogP contribution is -2.30. The fourth-order valence-electron chi connectivity index (χ4n) is 2.84. The van der Waals surface area contributed by atoms with Crippen LogP contribution in [0, 0.1) is 0 Å². The summed E-state index contributed by atoms with van der Waals surface area (Å²) >= 11 is 1.60. The van der Waals surface area contributed by atoms with Crippen LogP contribution in [0.4, 0.5) is 0 Å². The molecule has 1 saturated heterocycles. The van der Waals surface area contributed by atoms with Crippen molar-refractivity contribution in [3.05, 3.63) is 34.1 Å². The minimum absolute atomic E-state index is 0. The van der Waals surface area contributed by atoms with Gasteiger partial charge in [-0.3, -0.25) is 4.90 Å². The van der Waals surface area contributed by atoms with E-state index in [9.17, 15) is 5.11 Å². The van der Waals surface area contributed by atoms with E-state index >= 15 is 0 Å². The maximum Gasteiger partial charge on any atom is 0.240 e. The average Bonchev–Trinajstić information content (AvgIpc) is 3.21. The van der Waals surface area contributed by atoms with E-state index in [1.807, 2.05) is 17.5 Å². The molecule has 3 N–H and O–H groups in total. The number of aliphatic hydroxyl groups is 1. The maximum atomic E-state index is 10.3. The standard InChI is InChI=1S/C14H20N4O2S.ClH/c15-8-14-16-13(17-20-14)9-18-5-1-3-10(18)7-11(19)12-4-2-6-21-12;/h2,4,6,10-11,19H,1,3,5,7-9,15H2;1H. The van der Waals surface area contributed by atoms with Crippen LogP contribution in [0.1, 0.15) is 42.0 Å². The molecule has 0 saturated carbocycles. The van der Waals surface area contributed by atoms with Gasteiger partial charge in [-0.25, -0.2) is 0 Å². The summed E-state index contributed by atoms with van der Waals surface area (Å²) in [5.74, 6) is 1.15. The van der Waals surface area contributed by atoms with Gasteiger partial charge in [-0.15, -0.1) is 23.7 Å². The third-order valence-corrected chi connectivity index (χ3v) is 4.87. The molecule has 1 aliphatic heterocycles. The predicted molar refractivity (Wildman–Crippen MR) is 86.8 cm³/mol. The Morgan fingerprint density at radius 3 is 3.09 bits per heavy atom.